The van der Waals surface area contributed by atoms with Crippen molar-refractivity contribution in [3.8, 4) is 5.75 Å². The van der Waals surface area contributed by atoms with Crippen molar-refractivity contribution < 1.29 is 9.53 Å². The summed E-state index contributed by atoms with van der Waals surface area (Å²) in [6, 6.07) is 11.8. The predicted molar refractivity (Wildman–Crippen MR) is 86.0 cm³/mol. The minimum Gasteiger partial charge on any atom is -0.483 e. The predicted octanol–water partition coefficient (Wildman–Crippen LogP) is 3.94. The van der Waals surface area contributed by atoms with Gasteiger partial charge in [-0.25, -0.2) is 0 Å². The summed E-state index contributed by atoms with van der Waals surface area (Å²) >= 11 is 0. The lowest BCUT2D eigenvalue weighted by Crippen LogP contribution is -2.21. The number of anilines is 1. The van der Waals surface area contributed by atoms with E-state index in [9.17, 15) is 4.79 Å². The van der Waals surface area contributed by atoms with Crippen molar-refractivity contribution in [2.24, 2.45) is 0 Å². The zero-order valence-corrected chi connectivity index (χ0v) is 13.0. The van der Waals surface area contributed by atoms with E-state index in [1.165, 1.54) is 5.56 Å². The number of carbonyl (C=O) groups is 1. The quantitative estimate of drug-likeness (QED) is 0.923. The molecule has 2 rings (SSSR count). The molecular weight excluding hydrogens is 262 g/mol. The summed E-state index contributed by atoms with van der Waals surface area (Å²) in [5.41, 5.74) is 5.22. The van der Waals surface area contributed by atoms with Gasteiger partial charge < -0.3 is 10.1 Å². The van der Waals surface area contributed by atoms with E-state index >= 15 is 0 Å². The second-order valence-corrected chi connectivity index (χ2v) is 5.38. The summed E-state index contributed by atoms with van der Waals surface area (Å²) in [5, 5.41) is 2.93. The Kier molecular flexibility index (Phi) is 4.63. The molecule has 0 aliphatic carbocycles. The van der Waals surface area contributed by atoms with Crippen molar-refractivity contribution in [2.45, 2.75) is 27.7 Å². The topological polar surface area (TPSA) is 38.3 Å². The largest absolute Gasteiger partial charge is 0.483 e. The fourth-order valence-electron chi connectivity index (χ4n) is 2.41. The van der Waals surface area contributed by atoms with Crippen LogP contribution in [0.1, 0.15) is 22.3 Å². The average molecular weight is 283 g/mol. The smallest absolute Gasteiger partial charge is 0.262 e. The lowest BCUT2D eigenvalue weighted by atomic mass is 10.1. The highest BCUT2D eigenvalue weighted by molar-refractivity contribution is 5.93. The number of benzene rings is 2. The SMILES string of the molecule is Cc1cc(C)c(NC(=O)COc2ccccc2C)c(C)c1. The molecule has 0 bridgehead atoms. The lowest BCUT2D eigenvalue weighted by molar-refractivity contribution is -0.118. The molecule has 21 heavy (non-hydrogen) atoms. The molecule has 0 aliphatic rings. The van der Waals surface area contributed by atoms with Crippen molar-refractivity contribution in [1.82, 2.24) is 0 Å². The molecule has 3 heteroatoms. The monoisotopic (exact) mass is 283 g/mol. The molecule has 0 fully saturated rings. The summed E-state index contributed by atoms with van der Waals surface area (Å²) in [7, 11) is 0. The third kappa shape index (κ3) is 3.85. The summed E-state index contributed by atoms with van der Waals surface area (Å²) in [6.07, 6.45) is 0. The maximum atomic E-state index is 12.1. The van der Waals surface area contributed by atoms with Crippen LogP contribution in [-0.4, -0.2) is 12.5 Å². The van der Waals surface area contributed by atoms with Crippen LogP contribution in [0.4, 0.5) is 5.69 Å². The summed E-state index contributed by atoms with van der Waals surface area (Å²) in [4.78, 5) is 12.1. The molecule has 2 aromatic rings. The molecule has 3 nitrogen and oxygen atoms in total. The second-order valence-electron chi connectivity index (χ2n) is 5.38. The van der Waals surface area contributed by atoms with Gasteiger partial charge in [-0.2, -0.15) is 0 Å². The van der Waals surface area contributed by atoms with Gasteiger partial charge in [0.1, 0.15) is 5.75 Å². The van der Waals surface area contributed by atoms with Gasteiger partial charge >= 0.3 is 0 Å². The molecule has 1 N–H and O–H groups in total. The first kappa shape index (κ1) is 15.1. The lowest BCUT2D eigenvalue weighted by Gasteiger charge is -2.14. The van der Waals surface area contributed by atoms with Crippen LogP contribution < -0.4 is 10.1 Å². The molecule has 0 unspecified atom stereocenters. The zero-order chi connectivity index (χ0) is 15.4. The molecule has 0 spiro atoms. The van der Waals surface area contributed by atoms with Crippen molar-refractivity contribution in [3.63, 3.8) is 0 Å². The van der Waals surface area contributed by atoms with Gasteiger partial charge in [0, 0.05) is 5.69 Å². The van der Waals surface area contributed by atoms with Gasteiger partial charge in [0.2, 0.25) is 0 Å². The Labute approximate surface area is 126 Å². The number of hydrogen-bond acceptors (Lipinski definition) is 2. The van der Waals surface area contributed by atoms with E-state index in [0.717, 1.165) is 28.1 Å². The first-order chi connectivity index (χ1) is 9.97. The molecule has 0 saturated carbocycles. The molecule has 1 amide bonds. The van der Waals surface area contributed by atoms with Gasteiger partial charge in [-0.05, 0) is 50.5 Å². The van der Waals surface area contributed by atoms with Gasteiger partial charge in [-0.3, -0.25) is 4.79 Å². The van der Waals surface area contributed by atoms with E-state index < -0.39 is 0 Å². The van der Waals surface area contributed by atoms with Gasteiger partial charge in [0.05, 0.1) is 0 Å². The van der Waals surface area contributed by atoms with Gasteiger partial charge in [0.15, 0.2) is 6.61 Å². The average Bonchev–Trinajstić information content (AvgIpc) is 2.42. The van der Waals surface area contributed by atoms with Crippen LogP contribution >= 0.6 is 0 Å². The normalized spacial score (nSPS) is 10.3. The van der Waals surface area contributed by atoms with E-state index in [1.807, 2.05) is 52.0 Å². The fourth-order valence-corrected chi connectivity index (χ4v) is 2.41. The number of para-hydroxylation sites is 1. The number of rotatable bonds is 4. The van der Waals surface area contributed by atoms with Crippen molar-refractivity contribution in [1.29, 1.82) is 0 Å². The molecule has 0 aromatic heterocycles. The van der Waals surface area contributed by atoms with Crippen LogP contribution in [0.15, 0.2) is 36.4 Å². The minimum atomic E-state index is -0.145. The first-order valence-electron chi connectivity index (χ1n) is 7.03. The fraction of sp³-hybridized carbons (Fsp3) is 0.278. The van der Waals surface area contributed by atoms with E-state index in [1.54, 1.807) is 0 Å². The molecule has 0 aliphatic heterocycles. The number of aryl methyl sites for hydroxylation is 4. The standard InChI is InChI=1S/C18H21NO2/c1-12-9-14(3)18(15(4)10-12)19-17(20)11-21-16-8-6-5-7-13(16)2/h5-10H,11H2,1-4H3,(H,19,20). The van der Waals surface area contributed by atoms with Gasteiger partial charge in [-0.1, -0.05) is 35.9 Å². The number of amides is 1. The van der Waals surface area contributed by atoms with Crippen LogP contribution in [0.5, 0.6) is 5.75 Å². The molecule has 0 atom stereocenters. The van der Waals surface area contributed by atoms with Crippen LogP contribution in [-0.2, 0) is 4.79 Å². The molecule has 110 valence electrons. The van der Waals surface area contributed by atoms with Crippen molar-refractivity contribution in [3.05, 3.63) is 58.7 Å². The maximum Gasteiger partial charge on any atom is 0.262 e. The number of hydrogen-bond donors (Lipinski definition) is 1. The molecule has 0 radical (unpaired) electrons. The highest BCUT2D eigenvalue weighted by Crippen LogP contribution is 2.22. The van der Waals surface area contributed by atoms with Gasteiger partial charge in [-0.15, -0.1) is 0 Å². The van der Waals surface area contributed by atoms with E-state index in [0.29, 0.717) is 0 Å². The Bertz CT molecular complexity index is 639. The van der Waals surface area contributed by atoms with E-state index in [2.05, 4.69) is 17.4 Å². The Morgan fingerprint density at radius 3 is 2.24 bits per heavy atom. The number of carbonyl (C=O) groups excluding carboxylic acids is 1. The van der Waals surface area contributed by atoms with Crippen molar-refractivity contribution in [2.75, 3.05) is 11.9 Å². The van der Waals surface area contributed by atoms with Crippen LogP contribution in [0.25, 0.3) is 0 Å². The summed E-state index contributed by atoms with van der Waals surface area (Å²) in [5.74, 6) is 0.596. The molecule has 2 aromatic carbocycles. The number of ether oxygens (including phenoxy) is 1. The Hall–Kier alpha value is -2.29. The Morgan fingerprint density at radius 1 is 1.00 bits per heavy atom. The molecule has 0 saturated heterocycles. The number of nitrogens with one attached hydrogen (secondary N) is 1. The highest BCUT2D eigenvalue weighted by Gasteiger charge is 2.09. The van der Waals surface area contributed by atoms with E-state index in [4.69, 9.17) is 4.74 Å². The third-order valence-corrected chi connectivity index (χ3v) is 3.39. The highest BCUT2D eigenvalue weighted by atomic mass is 16.5. The van der Waals surface area contributed by atoms with Crippen LogP contribution in [0.2, 0.25) is 0 Å². The maximum absolute atomic E-state index is 12.1. The first-order valence-corrected chi connectivity index (χ1v) is 7.03. The Balaban J connectivity index is 2.01. The summed E-state index contributed by atoms with van der Waals surface area (Å²) in [6.45, 7) is 8.02. The van der Waals surface area contributed by atoms with Crippen LogP contribution in [0.3, 0.4) is 0 Å². The van der Waals surface area contributed by atoms with Crippen molar-refractivity contribution >= 4 is 11.6 Å². The molecular formula is C18H21NO2. The second kappa shape index (κ2) is 6.44. The van der Waals surface area contributed by atoms with E-state index in [-0.39, 0.29) is 12.5 Å². The van der Waals surface area contributed by atoms with Gasteiger partial charge in [0.25, 0.3) is 5.91 Å². The summed E-state index contributed by atoms with van der Waals surface area (Å²) < 4.78 is 5.56. The molecule has 0 heterocycles. The third-order valence-electron chi connectivity index (χ3n) is 3.39. The Morgan fingerprint density at radius 2 is 1.62 bits per heavy atom. The van der Waals surface area contributed by atoms with Crippen LogP contribution in [0, 0.1) is 27.7 Å². The zero-order valence-electron chi connectivity index (χ0n) is 13.0. The minimum absolute atomic E-state index is 0.0115.